The number of aromatic nitrogens is 2. The van der Waals surface area contributed by atoms with E-state index >= 15 is 0 Å². The van der Waals surface area contributed by atoms with Crippen LogP contribution < -0.4 is 0 Å². The fourth-order valence-corrected chi connectivity index (χ4v) is 2.14. The summed E-state index contributed by atoms with van der Waals surface area (Å²) in [5.74, 6) is 0. The Hall–Kier alpha value is 0.290. The second-order valence-corrected chi connectivity index (χ2v) is 4.87. The molecule has 1 rings (SSSR count). The molecule has 0 aliphatic carbocycles. The van der Waals surface area contributed by atoms with Gasteiger partial charge in [0.2, 0.25) is 0 Å². The van der Waals surface area contributed by atoms with Gasteiger partial charge in [0.25, 0.3) is 0 Å². The summed E-state index contributed by atoms with van der Waals surface area (Å²) in [5, 5.41) is 9.11. The van der Waals surface area contributed by atoms with Crippen LogP contribution in [0.25, 0.3) is 0 Å². The van der Waals surface area contributed by atoms with Crippen LogP contribution in [0, 0.1) is 3.01 Å². The highest BCUT2D eigenvalue weighted by molar-refractivity contribution is 14.1. The van der Waals surface area contributed by atoms with Gasteiger partial charge in [0.05, 0.1) is 0 Å². The minimum absolute atomic E-state index is 1.05. The van der Waals surface area contributed by atoms with Gasteiger partial charge in [-0.25, -0.2) is 0 Å². The third kappa shape index (κ3) is 2.49. The summed E-state index contributed by atoms with van der Waals surface area (Å²) in [4.78, 5) is 0. The van der Waals surface area contributed by atoms with Crippen molar-refractivity contribution in [2.45, 2.75) is 26.2 Å². The molecule has 0 aliphatic heterocycles. The van der Waals surface area contributed by atoms with E-state index < -0.39 is 0 Å². The first-order chi connectivity index (χ1) is 4.83. The largest absolute Gasteiger partial charge is 0.178 e. The van der Waals surface area contributed by atoms with Crippen molar-refractivity contribution in [2.24, 2.45) is 0 Å². The standard InChI is InChI=1S/C6H9IN2S/c1-2-3-4-5-8-9-6(7)10-5/h2-4H2,1H3. The van der Waals surface area contributed by atoms with Gasteiger partial charge in [-0.05, 0) is 29.0 Å². The number of rotatable bonds is 3. The average Bonchev–Trinajstić information content (AvgIpc) is 2.31. The van der Waals surface area contributed by atoms with E-state index in [1.54, 1.807) is 11.3 Å². The molecule has 0 unspecified atom stereocenters. The van der Waals surface area contributed by atoms with Crippen molar-refractivity contribution >= 4 is 33.9 Å². The maximum atomic E-state index is 4.01. The quantitative estimate of drug-likeness (QED) is 0.787. The Kier molecular flexibility index (Phi) is 3.55. The molecule has 4 heteroatoms. The Morgan fingerprint density at radius 2 is 2.30 bits per heavy atom. The molecule has 0 amide bonds. The van der Waals surface area contributed by atoms with E-state index in [0.29, 0.717) is 0 Å². The zero-order valence-corrected chi connectivity index (χ0v) is 8.78. The van der Waals surface area contributed by atoms with Crippen molar-refractivity contribution in [2.75, 3.05) is 0 Å². The van der Waals surface area contributed by atoms with Gasteiger partial charge in [-0.15, -0.1) is 10.2 Å². The molecule has 2 nitrogen and oxygen atoms in total. The number of nitrogens with zero attached hydrogens (tertiary/aromatic N) is 2. The summed E-state index contributed by atoms with van der Waals surface area (Å²) in [7, 11) is 0. The van der Waals surface area contributed by atoms with Crippen molar-refractivity contribution < 1.29 is 0 Å². The summed E-state index contributed by atoms with van der Waals surface area (Å²) in [6.45, 7) is 2.19. The first kappa shape index (κ1) is 8.39. The number of aryl methyl sites for hydroxylation is 1. The van der Waals surface area contributed by atoms with E-state index in [1.165, 1.54) is 17.8 Å². The topological polar surface area (TPSA) is 25.8 Å². The van der Waals surface area contributed by atoms with Gasteiger partial charge in [-0.2, -0.15) is 0 Å². The van der Waals surface area contributed by atoms with Crippen LogP contribution in [0.5, 0.6) is 0 Å². The molecule has 0 saturated carbocycles. The molecule has 56 valence electrons. The van der Waals surface area contributed by atoms with Gasteiger partial charge in [0, 0.05) is 6.42 Å². The smallest absolute Gasteiger partial charge is 0.143 e. The lowest BCUT2D eigenvalue weighted by atomic mass is 10.3. The lowest BCUT2D eigenvalue weighted by molar-refractivity contribution is 0.779. The summed E-state index contributed by atoms with van der Waals surface area (Å²) in [5.41, 5.74) is 0. The highest BCUT2D eigenvalue weighted by atomic mass is 127. The second-order valence-electron chi connectivity index (χ2n) is 2.05. The maximum Gasteiger partial charge on any atom is 0.178 e. The molecular formula is C6H9IN2S. The summed E-state index contributed by atoms with van der Waals surface area (Å²) >= 11 is 3.89. The monoisotopic (exact) mass is 268 g/mol. The molecule has 0 aromatic carbocycles. The van der Waals surface area contributed by atoms with Gasteiger partial charge in [-0.3, -0.25) is 0 Å². The lowest BCUT2D eigenvalue weighted by Crippen LogP contribution is -1.81. The molecule has 1 aromatic rings. The fraction of sp³-hybridized carbons (Fsp3) is 0.667. The Balaban J connectivity index is 2.42. The maximum absolute atomic E-state index is 4.01. The minimum atomic E-state index is 1.05. The molecular weight excluding hydrogens is 259 g/mol. The zero-order valence-electron chi connectivity index (χ0n) is 5.80. The van der Waals surface area contributed by atoms with Crippen molar-refractivity contribution in [3.63, 3.8) is 0 Å². The van der Waals surface area contributed by atoms with Gasteiger partial charge < -0.3 is 0 Å². The fourth-order valence-electron chi connectivity index (χ4n) is 0.662. The lowest BCUT2D eigenvalue weighted by Gasteiger charge is -1.87. The van der Waals surface area contributed by atoms with Crippen LogP contribution in [-0.2, 0) is 6.42 Å². The van der Waals surface area contributed by atoms with E-state index in [2.05, 4.69) is 39.7 Å². The van der Waals surface area contributed by atoms with E-state index in [4.69, 9.17) is 0 Å². The molecule has 0 saturated heterocycles. The summed E-state index contributed by atoms with van der Waals surface area (Å²) < 4.78 is 1.05. The molecule has 1 aromatic heterocycles. The van der Waals surface area contributed by atoms with Crippen LogP contribution in [0.1, 0.15) is 24.8 Å². The predicted molar refractivity (Wildman–Crippen MR) is 51.2 cm³/mol. The highest BCUT2D eigenvalue weighted by Crippen LogP contribution is 2.13. The van der Waals surface area contributed by atoms with E-state index in [9.17, 15) is 0 Å². The molecule has 0 atom stereocenters. The molecule has 0 aliphatic rings. The van der Waals surface area contributed by atoms with Crippen LogP contribution in [0.15, 0.2) is 0 Å². The number of unbranched alkanes of at least 4 members (excludes halogenated alkanes) is 1. The van der Waals surface area contributed by atoms with Crippen molar-refractivity contribution in [1.82, 2.24) is 10.2 Å². The van der Waals surface area contributed by atoms with Crippen molar-refractivity contribution in [3.05, 3.63) is 8.02 Å². The Morgan fingerprint density at radius 3 is 2.80 bits per heavy atom. The molecule has 0 fully saturated rings. The number of halogens is 1. The van der Waals surface area contributed by atoms with Gasteiger partial charge in [-0.1, -0.05) is 24.7 Å². The second kappa shape index (κ2) is 4.23. The third-order valence-electron chi connectivity index (χ3n) is 1.19. The Bertz CT molecular complexity index is 199. The summed E-state index contributed by atoms with van der Waals surface area (Å²) in [6.07, 6.45) is 3.55. The zero-order chi connectivity index (χ0) is 7.40. The first-order valence-corrected chi connectivity index (χ1v) is 5.20. The first-order valence-electron chi connectivity index (χ1n) is 3.31. The molecule has 1 heterocycles. The van der Waals surface area contributed by atoms with Gasteiger partial charge in [0.15, 0.2) is 3.01 Å². The van der Waals surface area contributed by atoms with E-state index in [0.717, 1.165) is 9.44 Å². The normalized spacial score (nSPS) is 10.2. The van der Waals surface area contributed by atoms with Crippen molar-refractivity contribution in [3.8, 4) is 0 Å². The SMILES string of the molecule is CCCCc1nnc(I)s1. The van der Waals surface area contributed by atoms with Crippen molar-refractivity contribution in [1.29, 1.82) is 0 Å². The van der Waals surface area contributed by atoms with Crippen LogP contribution in [-0.4, -0.2) is 10.2 Å². The van der Waals surface area contributed by atoms with Crippen LogP contribution in [0.4, 0.5) is 0 Å². The van der Waals surface area contributed by atoms with Gasteiger partial charge >= 0.3 is 0 Å². The molecule has 10 heavy (non-hydrogen) atoms. The third-order valence-corrected chi connectivity index (χ3v) is 2.83. The van der Waals surface area contributed by atoms with Gasteiger partial charge in [0.1, 0.15) is 5.01 Å². The highest BCUT2D eigenvalue weighted by Gasteiger charge is 1.98. The average molecular weight is 268 g/mol. The Morgan fingerprint density at radius 1 is 1.50 bits per heavy atom. The minimum Gasteiger partial charge on any atom is -0.143 e. The number of hydrogen-bond donors (Lipinski definition) is 0. The Labute approximate surface area is 78.2 Å². The molecule has 0 N–H and O–H groups in total. The van der Waals surface area contributed by atoms with Crippen LogP contribution >= 0.6 is 33.9 Å². The van der Waals surface area contributed by atoms with E-state index in [-0.39, 0.29) is 0 Å². The predicted octanol–water partition coefficient (Wildman–Crippen LogP) is 2.49. The molecule has 0 radical (unpaired) electrons. The van der Waals surface area contributed by atoms with E-state index in [1.807, 2.05) is 0 Å². The molecule has 0 spiro atoms. The molecule has 0 bridgehead atoms. The van der Waals surface area contributed by atoms with Crippen LogP contribution in [0.2, 0.25) is 0 Å². The van der Waals surface area contributed by atoms with Crippen LogP contribution in [0.3, 0.4) is 0 Å². The number of hydrogen-bond acceptors (Lipinski definition) is 3. The summed E-state index contributed by atoms with van der Waals surface area (Å²) in [6, 6.07) is 0.